The minimum Gasteiger partial charge on any atom is -0.464 e. The van der Waals surface area contributed by atoms with Crippen molar-refractivity contribution in [1.82, 2.24) is 9.55 Å². The van der Waals surface area contributed by atoms with E-state index in [1.54, 1.807) is 10.9 Å². The lowest BCUT2D eigenvalue weighted by atomic mass is 10.2. The molecule has 0 spiro atoms. The van der Waals surface area contributed by atoms with Crippen molar-refractivity contribution in [3.63, 3.8) is 0 Å². The van der Waals surface area contributed by atoms with E-state index in [1.165, 1.54) is 7.11 Å². The number of hydrogen-bond acceptors (Lipinski definition) is 4. The number of methoxy groups -OCH3 is 1. The molecule has 0 saturated heterocycles. The van der Waals surface area contributed by atoms with Gasteiger partial charge in [0.1, 0.15) is 6.73 Å². The molecule has 0 atom stereocenters. The SMILES string of the molecule is CCc1ncn(COCC[Si](C)(C)C)c1C(=O)OC. The number of aryl methyl sites for hydroxylation is 1. The highest BCUT2D eigenvalue weighted by atomic mass is 28.3. The number of nitrogens with zero attached hydrogens (tertiary/aromatic N) is 2. The maximum Gasteiger partial charge on any atom is 0.356 e. The fourth-order valence-electron chi connectivity index (χ4n) is 1.65. The van der Waals surface area contributed by atoms with Crippen molar-refractivity contribution in [2.75, 3.05) is 13.7 Å². The van der Waals surface area contributed by atoms with Gasteiger partial charge in [-0.1, -0.05) is 26.6 Å². The standard InChI is InChI=1S/C13H24N2O3Si/c1-6-11-12(13(16)17-2)15(9-14-11)10-18-7-8-19(3,4)5/h9H,6-8,10H2,1-5H3. The molecule has 0 amide bonds. The highest BCUT2D eigenvalue weighted by Crippen LogP contribution is 2.12. The van der Waals surface area contributed by atoms with E-state index in [2.05, 4.69) is 24.6 Å². The number of esters is 1. The summed E-state index contributed by atoms with van der Waals surface area (Å²) in [5, 5.41) is 0. The molecule has 1 aromatic rings. The Kier molecular flexibility index (Phi) is 5.75. The first-order valence-electron chi connectivity index (χ1n) is 6.59. The van der Waals surface area contributed by atoms with Crippen LogP contribution in [0.5, 0.6) is 0 Å². The monoisotopic (exact) mass is 284 g/mol. The van der Waals surface area contributed by atoms with Crippen molar-refractivity contribution in [2.45, 2.75) is 45.8 Å². The molecule has 108 valence electrons. The Balaban J connectivity index is 2.63. The molecule has 0 aliphatic rings. The van der Waals surface area contributed by atoms with Crippen LogP contribution in [0.2, 0.25) is 25.7 Å². The molecule has 0 aromatic carbocycles. The summed E-state index contributed by atoms with van der Waals surface area (Å²) in [7, 11) is 0.299. The highest BCUT2D eigenvalue weighted by molar-refractivity contribution is 6.76. The molecule has 0 aliphatic carbocycles. The summed E-state index contributed by atoms with van der Waals surface area (Å²) in [5.41, 5.74) is 1.25. The fraction of sp³-hybridized carbons (Fsp3) is 0.692. The maximum absolute atomic E-state index is 11.7. The van der Waals surface area contributed by atoms with Crippen molar-refractivity contribution in [1.29, 1.82) is 0 Å². The second kappa shape index (κ2) is 6.86. The minimum atomic E-state index is -1.08. The number of ether oxygens (including phenoxy) is 2. The number of carbonyl (C=O) groups excluding carboxylic acids is 1. The van der Waals surface area contributed by atoms with Crippen LogP contribution in [0.1, 0.15) is 23.1 Å². The first-order chi connectivity index (χ1) is 8.89. The van der Waals surface area contributed by atoms with Gasteiger partial charge in [0.2, 0.25) is 0 Å². The van der Waals surface area contributed by atoms with E-state index in [1.807, 2.05) is 6.92 Å². The van der Waals surface area contributed by atoms with Gasteiger partial charge in [-0.25, -0.2) is 9.78 Å². The highest BCUT2D eigenvalue weighted by Gasteiger charge is 2.18. The lowest BCUT2D eigenvalue weighted by Crippen LogP contribution is -2.22. The molecular weight excluding hydrogens is 260 g/mol. The zero-order valence-corrected chi connectivity index (χ0v) is 13.5. The van der Waals surface area contributed by atoms with Gasteiger partial charge in [-0.05, 0) is 12.5 Å². The summed E-state index contributed by atoms with van der Waals surface area (Å²) in [6.45, 7) is 9.96. The van der Waals surface area contributed by atoms with Gasteiger partial charge >= 0.3 is 5.97 Å². The average molecular weight is 284 g/mol. The Labute approximate surface area is 115 Å². The van der Waals surface area contributed by atoms with Crippen LogP contribution >= 0.6 is 0 Å². The summed E-state index contributed by atoms with van der Waals surface area (Å²) in [6, 6.07) is 1.11. The average Bonchev–Trinajstić information content (AvgIpc) is 2.75. The normalized spacial score (nSPS) is 11.6. The molecule has 0 bridgehead atoms. The van der Waals surface area contributed by atoms with Gasteiger partial charge in [0.25, 0.3) is 0 Å². The topological polar surface area (TPSA) is 53.4 Å². The van der Waals surface area contributed by atoms with Crippen LogP contribution < -0.4 is 0 Å². The van der Waals surface area contributed by atoms with E-state index in [0.29, 0.717) is 18.8 Å². The third-order valence-corrected chi connectivity index (χ3v) is 4.56. The van der Waals surface area contributed by atoms with Gasteiger partial charge in [-0.2, -0.15) is 0 Å². The maximum atomic E-state index is 11.7. The summed E-state index contributed by atoms with van der Waals surface area (Å²) in [4.78, 5) is 16.0. The van der Waals surface area contributed by atoms with Gasteiger partial charge < -0.3 is 14.0 Å². The molecule has 0 N–H and O–H groups in total. The Morgan fingerprint density at radius 3 is 2.63 bits per heavy atom. The van der Waals surface area contributed by atoms with E-state index in [4.69, 9.17) is 9.47 Å². The van der Waals surface area contributed by atoms with E-state index in [-0.39, 0.29) is 5.97 Å². The molecule has 6 heteroatoms. The van der Waals surface area contributed by atoms with E-state index in [9.17, 15) is 4.79 Å². The van der Waals surface area contributed by atoms with Crippen molar-refractivity contribution in [2.24, 2.45) is 0 Å². The zero-order valence-electron chi connectivity index (χ0n) is 12.5. The van der Waals surface area contributed by atoms with E-state index < -0.39 is 8.07 Å². The summed E-state index contributed by atoms with van der Waals surface area (Å²) in [5.74, 6) is -0.358. The Bertz CT molecular complexity index is 424. The molecule has 1 heterocycles. The first-order valence-corrected chi connectivity index (χ1v) is 10.3. The molecule has 0 saturated carbocycles. The molecule has 0 radical (unpaired) electrons. The van der Waals surface area contributed by atoms with Gasteiger partial charge in [0.05, 0.1) is 19.1 Å². The summed E-state index contributed by atoms with van der Waals surface area (Å²) < 4.78 is 12.1. The number of carbonyl (C=O) groups is 1. The second-order valence-corrected chi connectivity index (χ2v) is 11.3. The molecule has 19 heavy (non-hydrogen) atoms. The Morgan fingerprint density at radius 2 is 2.11 bits per heavy atom. The predicted octanol–water partition coefficient (Wildman–Crippen LogP) is 2.54. The van der Waals surface area contributed by atoms with Crippen molar-refractivity contribution in [3.8, 4) is 0 Å². The molecule has 0 unspecified atom stereocenters. The van der Waals surface area contributed by atoms with Gasteiger partial charge in [0.15, 0.2) is 5.69 Å². The van der Waals surface area contributed by atoms with Crippen molar-refractivity contribution >= 4 is 14.0 Å². The van der Waals surface area contributed by atoms with Crippen LogP contribution in [0.15, 0.2) is 6.33 Å². The first kappa shape index (κ1) is 15.9. The number of hydrogen-bond donors (Lipinski definition) is 0. The van der Waals surface area contributed by atoms with Crippen LogP contribution in [-0.2, 0) is 22.6 Å². The smallest absolute Gasteiger partial charge is 0.356 e. The lowest BCUT2D eigenvalue weighted by Gasteiger charge is -2.16. The lowest BCUT2D eigenvalue weighted by molar-refractivity contribution is 0.0538. The largest absolute Gasteiger partial charge is 0.464 e. The Morgan fingerprint density at radius 1 is 1.42 bits per heavy atom. The van der Waals surface area contributed by atoms with Gasteiger partial charge in [0, 0.05) is 14.7 Å². The molecular formula is C13H24N2O3Si. The van der Waals surface area contributed by atoms with Crippen LogP contribution in [0, 0.1) is 0 Å². The number of aromatic nitrogens is 2. The summed E-state index contributed by atoms with van der Waals surface area (Å²) in [6.07, 6.45) is 2.34. The van der Waals surface area contributed by atoms with Crippen LogP contribution in [0.25, 0.3) is 0 Å². The van der Waals surface area contributed by atoms with E-state index >= 15 is 0 Å². The third kappa shape index (κ3) is 4.79. The van der Waals surface area contributed by atoms with Crippen LogP contribution in [0.3, 0.4) is 0 Å². The third-order valence-electron chi connectivity index (χ3n) is 2.85. The van der Waals surface area contributed by atoms with Gasteiger partial charge in [-0.15, -0.1) is 0 Å². The molecule has 0 fully saturated rings. The number of rotatable bonds is 7. The van der Waals surface area contributed by atoms with Crippen LogP contribution in [-0.4, -0.2) is 37.3 Å². The van der Waals surface area contributed by atoms with Gasteiger partial charge in [-0.3, -0.25) is 0 Å². The molecule has 1 rings (SSSR count). The Hall–Kier alpha value is -1.14. The number of imidazole rings is 1. The second-order valence-electron chi connectivity index (χ2n) is 5.70. The molecule has 1 aromatic heterocycles. The zero-order chi connectivity index (χ0) is 14.5. The summed E-state index contributed by atoms with van der Waals surface area (Å²) >= 11 is 0. The fourth-order valence-corrected chi connectivity index (χ4v) is 2.41. The predicted molar refractivity (Wildman–Crippen MR) is 77.0 cm³/mol. The minimum absolute atomic E-state index is 0.349. The quantitative estimate of drug-likeness (QED) is 0.438. The molecule has 5 nitrogen and oxygen atoms in total. The van der Waals surface area contributed by atoms with Crippen LogP contribution in [0.4, 0.5) is 0 Å². The van der Waals surface area contributed by atoms with E-state index in [0.717, 1.165) is 18.3 Å². The van der Waals surface area contributed by atoms with Crippen molar-refractivity contribution in [3.05, 3.63) is 17.7 Å². The van der Waals surface area contributed by atoms with Crippen molar-refractivity contribution < 1.29 is 14.3 Å². The molecule has 0 aliphatic heterocycles.